The second kappa shape index (κ2) is 15.0. The lowest BCUT2D eigenvalue weighted by molar-refractivity contribution is -0.131. The number of aliphatic carboxylic acids is 1. The van der Waals surface area contributed by atoms with Gasteiger partial charge >= 0.3 is 5.97 Å². The molecule has 0 saturated heterocycles. The van der Waals surface area contributed by atoms with Gasteiger partial charge in [0, 0.05) is 6.08 Å². The molecule has 0 aliphatic rings. The fourth-order valence-corrected chi connectivity index (χ4v) is 2.50. The SMILES string of the molecule is CCCCCC(O)C(O)CCCCCCCC/C=C\C(=O)O. The summed E-state index contributed by atoms with van der Waals surface area (Å²) in [6.45, 7) is 2.13. The largest absolute Gasteiger partial charge is 0.478 e. The monoisotopic (exact) mass is 314 g/mol. The average Bonchev–Trinajstić information content (AvgIpc) is 2.48. The second-order valence-electron chi connectivity index (χ2n) is 6.07. The van der Waals surface area contributed by atoms with Crippen LogP contribution in [0, 0.1) is 0 Å². The van der Waals surface area contributed by atoms with E-state index in [1.807, 2.05) is 0 Å². The van der Waals surface area contributed by atoms with Crippen LogP contribution in [0.1, 0.15) is 84.0 Å². The highest BCUT2D eigenvalue weighted by Crippen LogP contribution is 2.14. The van der Waals surface area contributed by atoms with Crippen molar-refractivity contribution in [1.29, 1.82) is 0 Å². The van der Waals surface area contributed by atoms with Crippen LogP contribution in [0.5, 0.6) is 0 Å². The Labute approximate surface area is 135 Å². The van der Waals surface area contributed by atoms with Gasteiger partial charge < -0.3 is 15.3 Å². The van der Waals surface area contributed by atoms with Crippen LogP contribution in [0.4, 0.5) is 0 Å². The first-order valence-electron chi connectivity index (χ1n) is 8.83. The van der Waals surface area contributed by atoms with E-state index >= 15 is 0 Å². The van der Waals surface area contributed by atoms with Gasteiger partial charge in [-0.2, -0.15) is 0 Å². The van der Waals surface area contributed by atoms with Crippen LogP contribution in [0.2, 0.25) is 0 Å². The number of carbonyl (C=O) groups is 1. The van der Waals surface area contributed by atoms with E-state index in [0.29, 0.717) is 12.8 Å². The Bertz CT molecular complexity index is 289. The van der Waals surface area contributed by atoms with E-state index in [0.717, 1.165) is 64.2 Å². The van der Waals surface area contributed by atoms with Gasteiger partial charge in [0.05, 0.1) is 12.2 Å². The molecule has 0 amide bonds. The molecule has 0 fully saturated rings. The molecule has 0 spiro atoms. The summed E-state index contributed by atoms with van der Waals surface area (Å²) in [6, 6.07) is 0. The highest BCUT2D eigenvalue weighted by atomic mass is 16.4. The molecule has 0 aliphatic heterocycles. The van der Waals surface area contributed by atoms with Crippen LogP contribution in [0.3, 0.4) is 0 Å². The lowest BCUT2D eigenvalue weighted by Gasteiger charge is -2.17. The lowest BCUT2D eigenvalue weighted by Crippen LogP contribution is -2.25. The summed E-state index contributed by atoms with van der Waals surface area (Å²) in [7, 11) is 0. The zero-order chi connectivity index (χ0) is 16.6. The van der Waals surface area contributed by atoms with Gasteiger partial charge in [0.1, 0.15) is 0 Å². The molecular weight excluding hydrogens is 280 g/mol. The molecule has 0 aliphatic carbocycles. The molecule has 0 bridgehead atoms. The molecule has 4 heteroatoms. The molecule has 22 heavy (non-hydrogen) atoms. The van der Waals surface area contributed by atoms with E-state index < -0.39 is 18.2 Å². The fourth-order valence-electron chi connectivity index (χ4n) is 2.50. The maximum absolute atomic E-state index is 10.3. The third-order valence-corrected chi connectivity index (χ3v) is 3.93. The molecule has 0 heterocycles. The van der Waals surface area contributed by atoms with Crippen molar-refractivity contribution in [2.24, 2.45) is 0 Å². The summed E-state index contributed by atoms with van der Waals surface area (Å²) in [5.74, 6) is -0.879. The molecule has 0 aromatic heterocycles. The number of allylic oxidation sites excluding steroid dienone is 1. The molecule has 0 aromatic rings. The number of rotatable bonds is 15. The maximum Gasteiger partial charge on any atom is 0.327 e. The van der Waals surface area contributed by atoms with Gasteiger partial charge in [-0.15, -0.1) is 0 Å². The van der Waals surface area contributed by atoms with E-state index in [1.54, 1.807) is 6.08 Å². The van der Waals surface area contributed by atoms with Crippen molar-refractivity contribution >= 4 is 5.97 Å². The van der Waals surface area contributed by atoms with Gasteiger partial charge in [0.2, 0.25) is 0 Å². The smallest absolute Gasteiger partial charge is 0.327 e. The Morgan fingerprint density at radius 1 is 0.864 bits per heavy atom. The maximum atomic E-state index is 10.3. The Balaban J connectivity index is 3.36. The minimum Gasteiger partial charge on any atom is -0.478 e. The second-order valence-corrected chi connectivity index (χ2v) is 6.07. The third-order valence-electron chi connectivity index (χ3n) is 3.93. The van der Waals surface area contributed by atoms with Gasteiger partial charge in [0.15, 0.2) is 0 Å². The molecule has 2 unspecified atom stereocenters. The lowest BCUT2D eigenvalue weighted by atomic mass is 10.0. The normalized spacial score (nSPS) is 14.3. The predicted molar refractivity (Wildman–Crippen MR) is 89.9 cm³/mol. The topological polar surface area (TPSA) is 77.8 Å². The molecule has 0 aromatic carbocycles. The zero-order valence-corrected chi connectivity index (χ0v) is 14.0. The predicted octanol–water partition coefficient (Wildman–Crippen LogP) is 4.05. The van der Waals surface area contributed by atoms with Crippen LogP contribution < -0.4 is 0 Å². The highest BCUT2D eigenvalue weighted by molar-refractivity contribution is 5.79. The molecule has 0 radical (unpaired) electrons. The highest BCUT2D eigenvalue weighted by Gasteiger charge is 2.14. The van der Waals surface area contributed by atoms with Crippen LogP contribution >= 0.6 is 0 Å². The van der Waals surface area contributed by atoms with Gasteiger partial charge in [-0.1, -0.05) is 64.4 Å². The van der Waals surface area contributed by atoms with Crippen LogP contribution in [0.15, 0.2) is 12.2 Å². The Hall–Kier alpha value is -0.870. The van der Waals surface area contributed by atoms with E-state index in [1.165, 1.54) is 6.08 Å². The first-order chi connectivity index (χ1) is 10.6. The first-order valence-corrected chi connectivity index (χ1v) is 8.83. The number of carboxylic acid groups (broad SMARTS) is 1. The Morgan fingerprint density at radius 2 is 1.36 bits per heavy atom. The first kappa shape index (κ1) is 21.1. The number of hydrogen-bond acceptors (Lipinski definition) is 3. The third kappa shape index (κ3) is 14.1. The van der Waals surface area contributed by atoms with E-state index in [-0.39, 0.29) is 0 Å². The summed E-state index contributed by atoms with van der Waals surface area (Å²) in [5.41, 5.74) is 0. The number of unbranched alkanes of at least 4 members (excludes halogenated alkanes) is 8. The fraction of sp³-hybridized carbons (Fsp3) is 0.833. The molecule has 2 atom stereocenters. The number of aliphatic hydroxyl groups is 2. The van der Waals surface area contributed by atoms with Crippen LogP contribution in [-0.4, -0.2) is 33.5 Å². The molecule has 130 valence electrons. The Morgan fingerprint density at radius 3 is 1.91 bits per heavy atom. The summed E-state index contributed by atoms with van der Waals surface area (Å²) in [5, 5.41) is 28.1. The van der Waals surface area contributed by atoms with Gasteiger partial charge in [0.25, 0.3) is 0 Å². The van der Waals surface area contributed by atoms with E-state index in [9.17, 15) is 15.0 Å². The van der Waals surface area contributed by atoms with Crippen molar-refractivity contribution in [2.75, 3.05) is 0 Å². The van der Waals surface area contributed by atoms with Crippen LogP contribution in [-0.2, 0) is 4.79 Å². The Kier molecular flexibility index (Phi) is 14.4. The number of hydrogen-bond donors (Lipinski definition) is 3. The summed E-state index contributed by atoms with van der Waals surface area (Å²) >= 11 is 0. The van der Waals surface area contributed by atoms with Crippen molar-refractivity contribution < 1.29 is 20.1 Å². The molecule has 3 N–H and O–H groups in total. The summed E-state index contributed by atoms with van der Waals surface area (Å²) in [6.07, 6.45) is 13.7. The zero-order valence-electron chi connectivity index (χ0n) is 14.0. The van der Waals surface area contributed by atoms with Crippen LogP contribution in [0.25, 0.3) is 0 Å². The number of carboxylic acids is 1. The van der Waals surface area contributed by atoms with Gasteiger partial charge in [-0.3, -0.25) is 0 Å². The van der Waals surface area contributed by atoms with E-state index in [2.05, 4.69) is 6.92 Å². The standard InChI is InChI=1S/C18H34O4/c1-2-3-10-13-16(19)17(20)14-11-8-6-4-5-7-9-12-15-18(21)22/h12,15-17,19-20H,2-11,13-14H2,1H3,(H,21,22)/b15-12-. The summed E-state index contributed by atoms with van der Waals surface area (Å²) < 4.78 is 0. The van der Waals surface area contributed by atoms with Crippen molar-refractivity contribution in [3.8, 4) is 0 Å². The summed E-state index contributed by atoms with van der Waals surface area (Å²) in [4.78, 5) is 10.3. The molecule has 0 saturated carbocycles. The molecule has 4 nitrogen and oxygen atoms in total. The molecule has 0 rings (SSSR count). The average molecular weight is 314 g/mol. The van der Waals surface area contributed by atoms with E-state index in [4.69, 9.17) is 5.11 Å². The van der Waals surface area contributed by atoms with Crippen molar-refractivity contribution in [3.05, 3.63) is 12.2 Å². The van der Waals surface area contributed by atoms with Crippen molar-refractivity contribution in [2.45, 2.75) is 96.2 Å². The number of aliphatic hydroxyl groups excluding tert-OH is 2. The quantitative estimate of drug-likeness (QED) is 0.315. The van der Waals surface area contributed by atoms with Gasteiger partial charge in [-0.05, 0) is 25.7 Å². The van der Waals surface area contributed by atoms with Crippen molar-refractivity contribution in [3.63, 3.8) is 0 Å². The van der Waals surface area contributed by atoms with Crippen molar-refractivity contribution in [1.82, 2.24) is 0 Å². The minimum atomic E-state index is -0.879. The molecular formula is C18H34O4. The minimum absolute atomic E-state index is 0.562. The van der Waals surface area contributed by atoms with Gasteiger partial charge in [-0.25, -0.2) is 4.79 Å².